The predicted molar refractivity (Wildman–Crippen MR) is 131 cm³/mol. The first-order valence-corrected chi connectivity index (χ1v) is 11.9. The second-order valence-electron chi connectivity index (χ2n) is 8.20. The second kappa shape index (κ2) is 8.22. The lowest BCUT2D eigenvalue weighted by molar-refractivity contribution is 0.103. The van der Waals surface area contributed by atoms with Gasteiger partial charge in [-0.15, -0.1) is 11.3 Å². The van der Waals surface area contributed by atoms with Crippen molar-refractivity contribution in [3.63, 3.8) is 0 Å². The quantitative estimate of drug-likeness (QED) is 0.358. The van der Waals surface area contributed by atoms with Crippen molar-refractivity contribution in [3.05, 3.63) is 69.5 Å². The number of aromatic nitrogens is 1. The fourth-order valence-corrected chi connectivity index (χ4v) is 5.57. The van der Waals surface area contributed by atoms with Crippen LogP contribution in [0.3, 0.4) is 0 Å². The molecule has 0 atom stereocenters. The number of carbonyl (C=O) groups is 1. The van der Waals surface area contributed by atoms with Crippen molar-refractivity contribution >= 4 is 17.1 Å². The molecule has 0 unspecified atom stereocenters. The zero-order valence-electron chi connectivity index (χ0n) is 19.1. The molecule has 4 aromatic rings. The number of nitriles is 1. The average Bonchev–Trinajstić information content (AvgIpc) is 3.65. The van der Waals surface area contributed by atoms with Crippen molar-refractivity contribution < 1.29 is 23.7 Å². The molecule has 2 aliphatic rings. The van der Waals surface area contributed by atoms with E-state index < -0.39 is 0 Å². The summed E-state index contributed by atoms with van der Waals surface area (Å²) in [5, 5.41) is 12.3. The maximum absolute atomic E-state index is 13.9. The Morgan fingerprint density at radius 2 is 1.89 bits per heavy atom. The number of ether oxygens (including phenoxy) is 4. The van der Waals surface area contributed by atoms with Crippen LogP contribution in [0.5, 0.6) is 23.0 Å². The fraction of sp³-hybridized carbons (Fsp3) is 0.185. The van der Waals surface area contributed by atoms with Gasteiger partial charge >= 0.3 is 0 Å². The summed E-state index contributed by atoms with van der Waals surface area (Å²) in [5.41, 5.74) is 4.88. The van der Waals surface area contributed by atoms with Crippen LogP contribution < -0.4 is 18.9 Å². The van der Waals surface area contributed by atoms with Gasteiger partial charge in [0.05, 0.1) is 30.4 Å². The van der Waals surface area contributed by atoms with Crippen molar-refractivity contribution in [1.29, 1.82) is 5.26 Å². The summed E-state index contributed by atoms with van der Waals surface area (Å²) in [7, 11) is 3.19. The number of rotatable bonds is 5. The minimum absolute atomic E-state index is 0.112. The standard InChI is InChI=1S/C27H20N2O5S/c1-31-20-10-15-7-8-29-25(17(15)12-21(20)32-2)18(13-28)24(26(29)27(30)23-4-3-9-35-23)16-5-6-19-22(11-16)34-14-33-19/h3-6,9-12H,7-8,14H2,1-2H3. The molecular formula is C27H20N2O5S. The summed E-state index contributed by atoms with van der Waals surface area (Å²) >= 11 is 1.39. The Bertz CT molecular complexity index is 1530. The largest absolute Gasteiger partial charge is 0.493 e. The van der Waals surface area contributed by atoms with E-state index in [1.807, 2.05) is 52.4 Å². The highest BCUT2D eigenvalue weighted by molar-refractivity contribution is 7.12. The molecule has 2 aromatic heterocycles. The number of carbonyl (C=O) groups excluding carboxylic acids is 1. The molecule has 0 bridgehead atoms. The fourth-order valence-electron chi connectivity index (χ4n) is 4.91. The molecule has 0 radical (unpaired) electrons. The molecule has 6 rings (SSSR count). The van der Waals surface area contributed by atoms with Gasteiger partial charge in [-0.25, -0.2) is 0 Å². The van der Waals surface area contributed by atoms with Crippen molar-refractivity contribution in [3.8, 4) is 51.5 Å². The normalized spacial score (nSPS) is 13.1. The molecule has 8 heteroatoms. The number of ketones is 1. The van der Waals surface area contributed by atoms with Crippen LogP contribution in [0.4, 0.5) is 0 Å². The molecule has 0 aliphatic carbocycles. The van der Waals surface area contributed by atoms with Gasteiger partial charge in [0.1, 0.15) is 11.8 Å². The Hall–Kier alpha value is -4.22. The molecule has 0 N–H and O–H groups in total. The summed E-state index contributed by atoms with van der Waals surface area (Å²) in [6.07, 6.45) is 0.688. The Balaban J connectivity index is 1.67. The molecule has 4 heterocycles. The Morgan fingerprint density at radius 1 is 1.09 bits per heavy atom. The van der Waals surface area contributed by atoms with Gasteiger partial charge in [0.15, 0.2) is 23.0 Å². The van der Waals surface area contributed by atoms with Crippen LogP contribution in [-0.2, 0) is 13.0 Å². The van der Waals surface area contributed by atoms with Crippen LogP contribution in [0.25, 0.3) is 22.4 Å². The Morgan fingerprint density at radius 3 is 2.63 bits per heavy atom. The molecule has 0 spiro atoms. The van der Waals surface area contributed by atoms with E-state index >= 15 is 0 Å². The third kappa shape index (κ3) is 3.20. The lowest BCUT2D eigenvalue weighted by atomic mass is 9.93. The van der Waals surface area contributed by atoms with Gasteiger partial charge in [-0.2, -0.15) is 5.26 Å². The summed E-state index contributed by atoms with van der Waals surface area (Å²) in [5.74, 6) is 2.33. The van der Waals surface area contributed by atoms with E-state index in [4.69, 9.17) is 18.9 Å². The van der Waals surface area contributed by atoms with E-state index in [0.717, 1.165) is 16.7 Å². The molecule has 2 aliphatic heterocycles. The van der Waals surface area contributed by atoms with Crippen molar-refractivity contribution in [2.24, 2.45) is 0 Å². The number of benzene rings is 2. The van der Waals surface area contributed by atoms with E-state index in [9.17, 15) is 10.1 Å². The molecule has 0 saturated carbocycles. The molecule has 0 amide bonds. The highest BCUT2D eigenvalue weighted by Gasteiger charge is 2.34. The molecule has 7 nitrogen and oxygen atoms in total. The summed E-state index contributed by atoms with van der Waals surface area (Å²) < 4.78 is 24.1. The van der Waals surface area contributed by atoms with E-state index in [1.165, 1.54) is 11.3 Å². The van der Waals surface area contributed by atoms with Crippen LogP contribution in [0, 0.1) is 11.3 Å². The average molecular weight is 485 g/mol. The van der Waals surface area contributed by atoms with Gasteiger partial charge < -0.3 is 23.5 Å². The molecule has 0 fully saturated rings. The van der Waals surface area contributed by atoms with Gasteiger partial charge in [0.2, 0.25) is 12.6 Å². The van der Waals surface area contributed by atoms with Crippen LogP contribution in [0.1, 0.15) is 26.5 Å². The predicted octanol–water partition coefficient (Wildman–Crippen LogP) is 5.29. The smallest absolute Gasteiger partial charge is 0.231 e. The monoisotopic (exact) mass is 484 g/mol. The lowest BCUT2D eigenvalue weighted by Crippen LogP contribution is -2.17. The number of hydrogen-bond acceptors (Lipinski definition) is 7. The van der Waals surface area contributed by atoms with Crippen LogP contribution >= 0.6 is 11.3 Å². The number of fused-ring (bicyclic) bond motifs is 4. The first-order chi connectivity index (χ1) is 17.1. The van der Waals surface area contributed by atoms with Gasteiger partial charge in [0, 0.05) is 17.7 Å². The number of nitrogens with zero attached hydrogens (tertiary/aromatic N) is 2. The number of aryl methyl sites for hydroxylation is 1. The zero-order valence-corrected chi connectivity index (χ0v) is 19.9. The van der Waals surface area contributed by atoms with E-state index in [0.29, 0.717) is 63.4 Å². The molecule has 0 saturated heterocycles. The van der Waals surface area contributed by atoms with Gasteiger partial charge in [-0.3, -0.25) is 4.79 Å². The molecule has 35 heavy (non-hydrogen) atoms. The third-order valence-electron chi connectivity index (χ3n) is 6.47. The van der Waals surface area contributed by atoms with E-state index in [1.54, 1.807) is 14.2 Å². The first kappa shape index (κ1) is 21.3. The number of methoxy groups -OCH3 is 2. The lowest BCUT2D eigenvalue weighted by Gasteiger charge is -2.23. The number of hydrogen-bond donors (Lipinski definition) is 0. The third-order valence-corrected chi connectivity index (χ3v) is 7.33. The first-order valence-electron chi connectivity index (χ1n) is 11.0. The summed E-state index contributed by atoms with van der Waals surface area (Å²) in [4.78, 5) is 14.5. The maximum atomic E-state index is 13.9. The zero-order chi connectivity index (χ0) is 24.1. The minimum Gasteiger partial charge on any atom is -0.493 e. The van der Waals surface area contributed by atoms with Crippen LogP contribution in [0.2, 0.25) is 0 Å². The van der Waals surface area contributed by atoms with Crippen molar-refractivity contribution in [2.75, 3.05) is 21.0 Å². The summed E-state index contributed by atoms with van der Waals surface area (Å²) in [6.45, 7) is 0.704. The Labute approximate surface area is 205 Å². The number of thiophene rings is 1. The van der Waals surface area contributed by atoms with Crippen LogP contribution in [0.15, 0.2) is 47.8 Å². The van der Waals surface area contributed by atoms with E-state index in [2.05, 4.69) is 6.07 Å². The topological polar surface area (TPSA) is 82.7 Å². The minimum atomic E-state index is -0.112. The van der Waals surface area contributed by atoms with Gasteiger partial charge in [-0.05, 0) is 53.3 Å². The maximum Gasteiger partial charge on any atom is 0.231 e. The van der Waals surface area contributed by atoms with E-state index in [-0.39, 0.29) is 12.6 Å². The van der Waals surface area contributed by atoms with Gasteiger partial charge in [0.25, 0.3) is 0 Å². The van der Waals surface area contributed by atoms with Crippen molar-refractivity contribution in [1.82, 2.24) is 4.57 Å². The molecular weight excluding hydrogens is 464 g/mol. The Kier molecular flexibility index (Phi) is 5.01. The molecule has 174 valence electrons. The summed E-state index contributed by atoms with van der Waals surface area (Å²) in [6, 6.07) is 15.4. The second-order valence-corrected chi connectivity index (χ2v) is 9.15. The van der Waals surface area contributed by atoms with Crippen molar-refractivity contribution in [2.45, 2.75) is 13.0 Å². The highest BCUT2D eigenvalue weighted by Crippen LogP contribution is 2.47. The van der Waals surface area contributed by atoms with Gasteiger partial charge in [-0.1, -0.05) is 12.1 Å². The molecule has 2 aromatic carbocycles. The van der Waals surface area contributed by atoms with Crippen LogP contribution in [-0.4, -0.2) is 31.4 Å². The SMILES string of the molecule is COc1cc2c(cc1OC)-c1c(C#N)c(-c3ccc4c(c3)OCO4)c(C(=O)c3cccs3)n1CC2. The highest BCUT2D eigenvalue weighted by atomic mass is 32.1.